The maximum absolute atomic E-state index is 12.4. The summed E-state index contributed by atoms with van der Waals surface area (Å²) in [6.45, 7) is 8.51. The lowest BCUT2D eigenvalue weighted by Crippen LogP contribution is -2.22. The highest BCUT2D eigenvalue weighted by Gasteiger charge is 2.21. The molecule has 0 saturated carbocycles. The number of nitrogens with zero attached hydrogens (tertiary/aromatic N) is 5. The van der Waals surface area contributed by atoms with Crippen LogP contribution in [0.15, 0.2) is 29.4 Å². The van der Waals surface area contributed by atoms with Gasteiger partial charge in [-0.3, -0.25) is 10.1 Å². The van der Waals surface area contributed by atoms with Crippen LogP contribution in [0.2, 0.25) is 0 Å². The van der Waals surface area contributed by atoms with E-state index in [1.807, 2.05) is 50.5 Å². The Morgan fingerprint density at radius 2 is 2.08 bits per heavy atom. The maximum Gasteiger partial charge on any atom is 0.239 e. The molecular formula is C17H20N6OS2. The Hall–Kier alpha value is -2.26. The molecule has 2 heterocycles. The quantitative estimate of drug-likeness (QED) is 0.650. The van der Waals surface area contributed by atoms with E-state index in [1.165, 1.54) is 28.7 Å². The van der Waals surface area contributed by atoms with Crippen LogP contribution in [0.1, 0.15) is 24.4 Å². The zero-order valence-corrected chi connectivity index (χ0v) is 16.7. The summed E-state index contributed by atoms with van der Waals surface area (Å²) in [4.78, 5) is 12.4. The monoisotopic (exact) mass is 388 g/mol. The Morgan fingerprint density at radius 3 is 2.73 bits per heavy atom. The Kier molecular flexibility index (Phi) is 5.67. The van der Waals surface area contributed by atoms with E-state index >= 15 is 0 Å². The second-order valence-electron chi connectivity index (χ2n) is 5.80. The number of carbonyl (C=O) groups is 1. The standard InChI is InChI=1S/C17H20N6OS2/c1-5-23-14(13-8-6-7-10(2)9-13)20-22-17(23)25-11(3)15(24)18-16-21-19-12(4)26-16/h6-9,11H,5H2,1-4H3,(H,18,21,24)/t11-/m0/s1. The lowest BCUT2D eigenvalue weighted by Gasteiger charge is -2.11. The molecule has 2 aromatic heterocycles. The van der Waals surface area contributed by atoms with E-state index in [2.05, 4.69) is 31.8 Å². The van der Waals surface area contributed by atoms with E-state index in [0.717, 1.165) is 28.1 Å². The van der Waals surface area contributed by atoms with Crippen molar-refractivity contribution in [3.8, 4) is 11.4 Å². The molecule has 9 heteroatoms. The normalized spacial score (nSPS) is 12.2. The molecule has 0 unspecified atom stereocenters. The number of benzene rings is 1. The molecule has 1 aromatic carbocycles. The molecule has 0 saturated heterocycles. The van der Waals surface area contributed by atoms with Crippen LogP contribution in [-0.4, -0.2) is 36.1 Å². The van der Waals surface area contributed by atoms with Crippen molar-refractivity contribution < 1.29 is 4.79 Å². The molecule has 1 amide bonds. The molecule has 26 heavy (non-hydrogen) atoms. The van der Waals surface area contributed by atoms with E-state index in [0.29, 0.717) is 5.13 Å². The Balaban J connectivity index is 1.76. The lowest BCUT2D eigenvalue weighted by atomic mass is 10.1. The maximum atomic E-state index is 12.4. The SMILES string of the molecule is CCn1c(S[C@@H](C)C(=O)Nc2nnc(C)s2)nnc1-c1cccc(C)c1. The molecule has 7 nitrogen and oxygen atoms in total. The minimum atomic E-state index is -0.334. The van der Waals surface area contributed by atoms with E-state index in [-0.39, 0.29) is 11.2 Å². The van der Waals surface area contributed by atoms with Gasteiger partial charge in [0.05, 0.1) is 5.25 Å². The van der Waals surface area contributed by atoms with Gasteiger partial charge in [0.2, 0.25) is 11.0 Å². The van der Waals surface area contributed by atoms with Crippen molar-refractivity contribution >= 4 is 34.1 Å². The first-order valence-electron chi connectivity index (χ1n) is 8.25. The van der Waals surface area contributed by atoms with Gasteiger partial charge in [0, 0.05) is 12.1 Å². The molecule has 0 aliphatic rings. The van der Waals surface area contributed by atoms with Gasteiger partial charge in [-0.05, 0) is 33.8 Å². The topological polar surface area (TPSA) is 85.6 Å². The van der Waals surface area contributed by atoms with Crippen LogP contribution < -0.4 is 5.32 Å². The van der Waals surface area contributed by atoms with E-state index in [4.69, 9.17) is 0 Å². The highest BCUT2D eigenvalue weighted by Crippen LogP contribution is 2.28. The van der Waals surface area contributed by atoms with Gasteiger partial charge in [0.15, 0.2) is 11.0 Å². The second kappa shape index (κ2) is 7.96. The average Bonchev–Trinajstić information content (AvgIpc) is 3.20. The molecule has 0 radical (unpaired) electrons. The number of aryl methyl sites for hydroxylation is 2. The summed E-state index contributed by atoms with van der Waals surface area (Å²) in [6.07, 6.45) is 0. The number of rotatable bonds is 6. The lowest BCUT2D eigenvalue weighted by molar-refractivity contribution is -0.115. The van der Waals surface area contributed by atoms with Crippen molar-refractivity contribution in [2.45, 2.75) is 44.6 Å². The predicted octanol–water partition coefficient (Wildman–Crippen LogP) is 3.55. The number of hydrogen-bond acceptors (Lipinski definition) is 7. The van der Waals surface area contributed by atoms with Crippen molar-refractivity contribution in [1.82, 2.24) is 25.0 Å². The molecule has 1 atom stereocenters. The van der Waals surface area contributed by atoms with Gasteiger partial charge in [0.25, 0.3) is 0 Å². The Bertz CT molecular complexity index is 920. The highest BCUT2D eigenvalue weighted by molar-refractivity contribution is 8.00. The van der Waals surface area contributed by atoms with Gasteiger partial charge in [-0.15, -0.1) is 20.4 Å². The first-order chi connectivity index (χ1) is 12.5. The number of hydrogen-bond donors (Lipinski definition) is 1. The van der Waals surface area contributed by atoms with Gasteiger partial charge in [0.1, 0.15) is 5.01 Å². The van der Waals surface area contributed by atoms with Crippen LogP contribution in [0.25, 0.3) is 11.4 Å². The summed E-state index contributed by atoms with van der Waals surface area (Å²) in [5.41, 5.74) is 2.19. The number of amides is 1. The largest absolute Gasteiger partial charge is 0.302 e. The summed E-state index contributed by atoms with van der Waals surface area (Å²) in [5.74, 6) is 0.681. The van der Waals surface area contributed by atoms with Gasteiger partial charge in [-0.1, -0.05) is 46.9 Å². The number of anilines is 1. The molecule has 3 rings (SSSR count). The number of thioether (sulfide) groups is 1. The van der Waals surface area contributed by atoms with Crippen molar-refractivity contribution in [1.29, 1.82) is 0 Å². The van der Waals surface area contributed by atoms with Crippen molar-refractivity contribution in [2.24, 2.45) is 0 Å². The van der Waals surface area contributed by atoms with Gasteiger partial charge in [-0.25, -0.2) is 0 Å². The fraction of sp³-hybridized carbons (Fsp3) is 0.353. The van der Waals surface area contributed by atoms with Crippen LogP contribution in [0.5, 0.6) is 0 Å². The number of carbonyl (C=O) groups excluding carboxylic acids is 1. The van der Waals surface area contributed by atoms with E-state index in [9.17, 15) is 4.79 Å². The average molecular weight is 389 g/mol. The van der Waals surface area contributed by atoms with Crippen LogP contribution in [-0.2, 0) is 11.3 Å². The van der Waals surface area contributed by atoms with E-state index < -0.39 is 0 Å². The van der Waals surface area contributed by atoms with Crippen molar-refractivity contribution in [2.75, 3.05) is 5.32 Å². The molecule has 0 aliphatic carbocycles. The first kappa shape index (κ1) is 18.5. The summed E-state index contributed by atoms with van der Waals surface area (Å²) in [6, 6.07) is 8.16. The molecular weight excluding hydrogens is 368 g/mol. The number of nitrogens with one attached hydrogen (secondary N) is 1. The minimum absolute atomic E-state index is 0.131. The molecule has 3 aromatic rings. The van der Waals surface area contributed by atoms with Gasteiger partial charge >= 0.3 is 0 Å². The molecule has 0 spiro atoms. The fourth-order valence-electron chi connectivity index (χ4n) is 2.42. The third-order valence-corrected chi connectivity index (χ3v) is 5.55. The predicted molar refractivity (Wildman–Crippen MR) is 104 cm³/mol. The molecule has 0 fully saturated rings. The van der Waals surface area contributed by atoms with Gasteiger partial charge in [-0.2, -0.15) is 0 Å². The molecule has 0 aliphatic heterocycles. The van der Waals surface area contributed by atoms with Crippen LogP contribution in [0.3, 0.4) is 0 Å². The van der Waals surface area contributed by atoms with Crippen LogP contribution in [0.4, 0.5) is 5.13 Å². The van der Waals surface area contributed by atoms with Crippen LogP contribution in [0, 0.1) is 13.8 Å². The Morgan fingerprint density at radius 1 is 1.27 bits per heavy atom. The highest BCUT2D eigenvalue weighted by atomic mass is 32.2. The molecule has 1 N–H and O–H groups in total. The summed E-state index contributed by atoms with van der Waals surface area (Å²) < 4.78 is 2.03. The summed E-state index contributed by atoms with van der Waals surface area (Å²) in [5, 5.41) is 21.0. The summed E-state index contributed by atoms with van der Waals surface area (Å²) >= 11 is 2.74. The molecule has 0 bridgehead atoms. The van der Waals surface area contributed by atoms with Crippen LogP contribution >= 0.6 is 23.1 Å². The molecule has 136 valence electrons. The first-order valence-corrected chi connectivity index (χ1v) is 9.95. The minimum Gasteiger partial charge on any atom is -0.302 e. The van der Waals surface area contributed by atoms with Crippen molar-refractivity contribution in [3.05, 3.63) is 34.8 Å². The number of aromatic nitrogens is 5. The zero-order valence-electron chi connectivity index (χ0n) is 15.1. The smallest absolute Gasteiger partial charge is 0.239 e. The van der Waals surface area contributed by atoms with Crippen molar-refractivity contribution in [3.63, 3.8) is 0 Å². The Labute approximate surface area is 160 Å². The second-order valence-corrected chi connectivity index (χ2v) is 8.29. The van der Waals surface area contributed by atoms with E-state index in [1.54, 1.807) is 0 Å². The zero-order chi connectivity index (χ0) is 18.7. The third-order valence-electron chi connectivity index (χ3n) is 3.72. The third kappa shape index (κ3) is 4.10. The fourth-order valence-corrected chi connectivity index (χ4v) is 3.93. The summed E-state index contributed by atoms with van der Waals surface area (Å²) in [7, 11) is 0. The van der Waals surface area contributed by atoms with Gasteiger partial charge < -0.3 is 4.57 Å².